The molecule has 1 aliphatic carbocycles. The van der Waals surface area contributed by atoms with Gasteiger partial charge >= 0.3 is 0 Å². The van der Waals surface area contributed by atoms with Crippen molar-refractivity contribution in [1.82, 2.24) is 0 Å². The van der Waals surface area contributed by atoms with Crippen LogP contribution >= 0.6 is 15.9 Å². The summed E-state index contributed by atoms with van der Waals surface area (Å²) in [6.45, 7) is 0.236. The highest BCUT2D eigenvalue weighted by Crippen LogP contribution is 2.35. The third-order valence-corrected chi connectivity index (χ3v) is 4.61. The fraction of sp³-hybridized carbons (Fsp3) is 0.235. The molecule has 2 aromatic carbocycles. The van der Waals surface area contributed by atoms with Crippen molar-refractivity contribution in [3.63, 3.8) is 0 Å². The molecule has 5 heteroatoms. The minimum absolute atomic E-state index is 0.0188. The van der Waals surface area contributed by atoms with Crippen LogP contribution in [0.3, 0.4) is 0 Å². The number of anilines is 1. The van der Waals surface area contributed by atoms with Gasteiger partial charge in [0.15, 0.2) is 11.5 Å². The number of carbonyl (C=O) groups is 1. The van der Waals surface area contributed by atoms with E-state index >= 15 is 0 Å². The van der Waals surface area contributed by atoms with Gasteiger partial charge in [-0.25, -0.2) is 0 Å². The summed E-state index contributed by atoms with van der Waals surface area (Å²) in [5.74, 6) is 1.42. The molecular formula is C17H14BrNO3. The Morgan fingerprint density at radius 3 is 2.77 bits per heavy atom. The van der Waals surface area contributed by atoms with Gasteiger partial charge in [-0.15, -0.1) is 0 Å². The Hall–Kier alpha value is -2.01. The van der Waals surface area contributed by atoms with Crippen LogP contribution in [-0.2, 0) is 17.6 Å². The standard InChI is InChI=1S/C17H14BrNO3/c18-13-2-1-10-5-12(6-11(10)7-13)17(20)19-14-3-4-15-16(8-14)22-9-21-15/h1-4,7-8,12H,5-6,9H2,(H,19,20). The van der Waals surface area contributed by atoms with Crippen LogP contribution in [-0.4, -0.2) is 12.7 Å². The third-order valence-electron chi connectivity index (χ3n) is 4.11. The van der Waals surface area contributed by atoms with Gasteiger partial charge in [-0.3, -0.25) is 4.79 Å². The van der Waals surface area contributed by atoms with E-state index in [9.17, 15) is 4.79 Å². The fourth-order valence-corrected chi connectivity index (χ4v) is 3.40. The van der Waals surface area contributed by atoms with Crippen LogP contribution in [0.1, 0.15) is 11.1 Å². The van der Waals surface area contributed by atoms with Gasteiger partial charge in [0.1, 0.15) is 0 Å². The van der Waals surface area contributed by atoms with Crippen molar-refractivity contribution in [1.29, 1.82) is 0 Å². The summed E-state index contributed by atoms with van der Waals surface area (Å²) < 4.78 is 11.7. The van der Waals surface area contributed by atoms with Crippen molar-refractivity contribution < 1.29 is 14.3 Å². The molecule has 22 heavy (non-hydrogen) atoms. The second kappa shape index (κ2) is 5.32. The molecule has 1 atom stereocenters. The van der Waals surface area contributed by atoms with Gasteiger partial charge in [0, 0.05) is 22.1 Å². The molecule has 1 N–H and O–H groups in total. The molecule has 0 spiro atoms. The smallest absolute Gasteiger partial charge is 0.231 e. The van der Waals surface area contributed by atoms with Crippen LogP contribution in [0.5, 0.6) is 11.5 Å². The monoisotopic (exact) mass is 359 g/mol. The van der Waals surface area contributed by atoms with Crippen LogP contribution in [0.25, 0.3) is 0 Å². The summed E-state index contributed by atoms with van der Waals surface area (Å²) in [6.07, 6.45) is 1.57. The van der Waals surface area contributed by atoms with E-state index in [1.54, 1.807) is 6.07 Å². The highest BCUT2D eigenvalue weighted by Gasteiger charge is 2.27. The Labute approximate surface area is 136 Å². The third kappa shape index (κ3) is 2.46. The molecule has 4 rings (SSSR count). The molecule has 2 aromatic rings. The minimum atomic E-state index is -0.0188. The molecule has 1 unspecified atom stereocenters. The average Bonchev–Trinajstić information content (AvgIpc) is 3.12. The van der Waals surface area contributed by atoms with E-state index < -0.39 is 0 Å². The van der Waals surface area contributed by atoms with Crippen molar-refractivity contribution in [3.8, 4) is 11.5 Å². The summed E-state index contributed by atoms with van der Waals surface area (Å²) in [7, 11) is 0. The topological polar surface area (TPSA) is 47.6 Å². The first-order valence-electron chi connectivity index (χ1n) is 7.17. The summed E-state index contributed by atoms with van der Waals surface area (Å²) in [5.41, 5.74) is 3.25. The molecule has 0 bridgehead atoms. The van der Waals surface area contributed by atoms with Gasteiger partial charge in [0.25, 0.3) is 0 Å². The molecule has 0 fully saturated rings. The zero-order chi connectivity index (χ0) is 15.1. The van der Waals surface area contributed by atoms with Gasteiger partial charge in [-0.05, 0) is 48.2 Å². The van der Waals surface area contributed by atoms with Crippen molar-refractivity contribution in [3.05, 3.63) is 52.0 Å². The predicted octanol–water partition coefficient (Wildman–Crippen LogP) is 3.53. The normalized spacial score (nSPS) is 18.1. The number of halogens is 1. The Kier molecular flexibility index (Phi) is 3.30. The zero-order valence-corrected chi connectivity index (χ0v) is 13.4. The second-order valence-corrected chi connectivity index (χ2v) is 6.49. The highest BCUT2D eigenvalue weighted by atomic mass is 79.9. The first-order chi connectivity index (χ1) is 10.7. The van der Waals surface area contributed by atoms with Gasteiger partial charge in [-0.1, -0.05) is 22.0 Å². The molecular weight excluding hydrogens is 346 g/mol. The Balaban J connectivity index is 1.47. The first-order valence-corrected chi connectivity index (χ1v) is 7.96. The van der Waals surface area contributed by atoms with E-state index in [2.05, 4.69) is 33.4 Å². The van der Waals surface area contributed by atoms with Gasteiger partial charge in [0.05, 0.1) is 0 Å². The van der Waals surface area contributed by atoms with Crippen LogP contribution in [0, 0.1) is 5.92 Å². The summed E-state index contributed by atoms with van der Waals surface area (Å²) in [4.78, 5) is 12.5. The SMILES string of the molecule is O=C(Nc1ccc2c(c1)OCO2)C1Cc2ccc(Br)cc2C1. The summed E-state index contributed by atoms with van der Waals surface area (Å²) in [5, 5.41) is 2.98. The molecule has 2 aliphatic rings. The Morgan fingerprint density at radius 1 is 1.05 bits per heavy atom. The number of fused-ring (bicyclic) bond motifs is 2. The zero-order valence-electron chi connectivity index (χ0n) is 11.8. The molecule has 4 nitrogen and oxygen atoms in total. The molecule has 1 amide bonds. The lowest BCUT2D eigenvalue weighted by atomic mass is 10.1. The molecule has 0 radical (unpaired) electrons. The van der Waals surface area contributed by atoms with Gasteiger partial charge in [-0.2, -0.15) is 0 Å². The second-order valence-electron chi connectivity index (χ2n) is 5.58. The lowest BCUT2D eigenvalue weighted by Crippen LogP contribution is -2.23. The van der Waals surface area contributed by atoms with E-state index in [-0.39, 0.29) is 18.6 Å². The van der Waals surface area contributed by atoms with Gasteiger partial charge < -0.3 is 14.8 Å². The predicted molar refractivity (Wildman–Crippen MR) is 86.2 cm³/mol. The van der Waals surface area contributed by atoms with Gasteiger partial charge in [0.2, 0.25) is 12.7 Å². The number of hydrogen-bond acceptors (Lipinski definition) is 3. The van der Waals surface area contributed by atoms with Crippen molar-refractivity contribution >= 4 is 27.5 Å². The van der Waals surface area contributed by atoms with E-state index in [0.717, 1.165) is 28.8 Å². The molecule has 0 saturated heterocycles. The molecule has 0 saturated carbocycles. The van der Waals surface area contributed by atoms with Crippen LogP contribution in [0.4, 0.5) is 5.69 Å². The van der Waals surface area contributed by atoms with Crippen LogP contribution in [0.2, 0.25) is 0 Å². The number of hydrogen-bond donors (Lipinski definition) is 1. The van der Waals surface area contributed by atoms with E-state index in [0.29, 0.717) is 5.75 Å². The molecule has 1 heterocycles. The van der Waals surface area contributed by atoms with Crippen LogP contribution in [0.15, 0.2) is 40.9 Å². The minimum Gasteiger partial charge on any atom is -0.454 e. The van der Waals surface area contributed by atoms with Crippen molar-refractivity contribution in [2.45, 2.75) is 12.8 Å². The summed E-state index contributed by atoms with van der Waals surface area (Å²) >= 11 is 3.48. The van der Waals surface area contributed by atoms with E-state index in [1.165, 1.54) is 11.1 Å². The maximum Gasteiger partial charge on any atom is 0.231 e. The Bertz CT molecular complexity index is 760. The Morgan fingerprint density at radius 2 is 1.86 bits per heavy atom. The largest absolute Gasteiger partial charge is 0.454 e. The van der Waals surface area contributed by atoms with Crippen molar-refractivity contribution in [2.24, 2.45) is 5.92 Å². The average molecular weight is 360 g/mol. The van der Waals surface area contributed by atoms with E-state index in [4.69, 9.17) is 9.47 Å². The number of carbonyl (C=O) groups excluding carboxylic acids is 1. The first kappa shape index (κ1) is 13.6. The quantitative estimate of drug-likeness (QED) is 0.891. The maximum atomic E-state index is 12.5. The maximum absolute atomic E-state index is 12.5. The van der Waals surface area contributed by atoms with Crippen LogP contribution < -0.4 is 14.8 Å². The fourth-order valence-electron chi connectivity index (χ4n) is 2.99. The number of benzene rings is 2. The number of rotatable bonds is 2. The number of nitrogens with one attached hydrogen (secondary N) is 1. The summed E-state index contributed by atoms with van der Waals surface area (Å²) in [6, 6.07) is 11.7. The molecule has 0 aromatic heterocycles. The molecule has 1 aliphatic heterocycles. The van der Waals surface area contributed by atoms with Crippen molar-refractivity contribution in [2.75, 3.05) is 12.1 Å². The number of ether oxygens (including phenoxy) is 2. The lowest BCUT2D eigenvalue weighted by molar-refractivity contribution is -0.119. The van der Waals surface area contributed by atoms with E-state index in [1.807, 2.05) is 18.2 Å². The number of amides is 1. The lowest BCUT2D eigenvalue weighted by Gasteiger charge is -2.10. The highest BCUT2D eigenvalue weighted by molar-refractivity contribution is 9.10. The molecule has 112 valence electrons.